The highest BCUT2D eigenvalue weighted by molar-refractivity contribution is 7.92. The Morgan fingerprint density at radius 2 is 1.69 bits per heavy atom. The number of benzene rings is 3. The maximum Gasteiger partial charge on any atom is 0.264 e. The first-order valence-corrected chi connectivity index (χ1v) is 12.3. The molecule has 6 nitrogen and oxygen atoms in total. The van der Waals surface area contributed by atoms with Crippen LogP contribution in [0, 0.1) is 6.92 Å². The van der Waals surface area contributed by atoms with Gasteiger partial charge in [0, 0.05) is 19.7 Å². The topological polar surface area (TPSA) is 70.6 Å². The van der Waals surface area contributed by atoms with Crippen molar-refractivity contribution in [3.05, 3.63) is 88.9 Å². The van der Waals surface area contributed by atoms with Crippen LogP contribution in [-0.2, 0) is 16.6 Å². The highest BCUT2D eigenvalue weighted by Crippen LogP contribution is 2.25. The number of anilines is 1. The number of para-hydroxylation sites is 1. The molecular formula is C24H23N3O3S2. The van der Waals surface area contributed by atoms with Crippen LogP contribution in [0.5, 0.6) is 0 Å². The first-order chi connectivity index (χ1) is 15.3. The zero-order valence-corrected chi connectivity index (χ0v) is 19.7. The van der Waals surface area contributed by atoms with Crippen LogP contribution in [0.25, 0.3) is 10.2 Å². The maximum atomic E-state index is 13.1. The number of aromatic nitrogens is 1. The van der Waals surface area contributed by atoms with E-state index in [9.17, 15) is 13.2 Å². The molecule has 1 aromatic heterocycles. The third-order valence-corrected chi connectivity index (χ3v) is 8.00. The number of hydrogen-bond acceptors (Lipinski definition) is 5. The summed E-state index contributed by atoms with van der Waals surface area (Å²) in [6.45, 7) is 2.29. The number of fused-ring (bicyclic) bond motifs is 1. The first-order valence-electron chi connectivity index (χ1n) is 10.0. The van der Waals surface area contributed by atoms with Crippen molar-refractivity contribution in [2.45, 2.75) is 18.4 Å². The summed E-state index contributed by atoms with van der Waals surface area (Å²) in [5.41, 5.74) is 2.82. The Bertz CT molecular complexity index is 1350. The molecule has 4 aromatic rings. The van der Waals surface area contributed by atoms with E-state index in [0.29, 0.717) is 17.8 Å². The zero-order valence-electron chi connectivity index (χ0n) is 18.0. The summed E-state index contributed by atoms with van der Waals surface area (Å²) in [5, 5.41) is 0.824. The van der Waals surface area contributed by atoms with Crippen LogP contribution in [0.4, 0.5) is 5.69 Å². The predicted octanol–water partition coefficient (Wildman–Crippen LogP) is 4.70. The summed E-state index contributed by atoms with van der Waals surface area (Å²) in [4.78, 5) is 19.2. The third kappa shape index (κ3) is 4.37. The summed E-state index contributed by atoms with van der Waals surface area (Å²) in [6.07, 6.45) is 0. The molecule has 4 rings (SSSR count). The Labute approximate surface area is 191 Å². The molecule has 1 heterocycles. The zero-order chi connectivity index (χ0) is 22.9. The first kappa shape index (κ1) is 22.0. The molecule has 0 saturated heterocycles. The fraction of sp³-hybridized carbons (Fsp3) is 0.167. The van der Waals surface area contributed by atoms with Crippen LogP contribution in [0.2, 0.25) is 0 Å². The summed E-state index contributed by atoms with van der Waals surface area (Å²) < 4.78 is 28.6. The van der Waals surface area contributed by atoms with Gasteiger partial charge in [-0.05, 0) is 49.4 Å². The number of aryl methyl sites for hydroxylation is 1. The minimum atomic E-state index is -3.81. The van der Waals surface area contributed by atoms with Gasteiger partial charge in [0.25, 0.3) is 15.9 Å². The van der Waals surface area contributed by atoms with Gasteiger partial charge in [-0.15, -0.1) is 11.3 Å². The number of thiazole rings is 1. The Morgan fingerprint density at radius 3 is 2.41 bits per heavy atom. The van der Waals surface area contributed by atoms with Gasteiger partial charge >= 0.3 is 0 Å². The van der Waals surface area contributed by atoms with E-state index >= 15 is 0 Å². The van der Waals surface area contributed by atoms with Crippen molar-refractivity contribution in [2.75, 3.05) is 18.4 Å². The Morgan fingerprint density at radius 1 is 0.969 bits per heavy atom. The second kappa shape index (κ2) is 8.72. The Balaban J connectivity index is 1.55. The number of carbonyl (C=O) groups excluding carboxylic acids is 1. The maximum absolute atomic E-state index is 13.1. The highest BCUT2D eigenvalue weighted by atomic mass is 32.2. The molecule has 0 aliphatic heterocycles. The lowest BCUT2D eigenvalue weighted by atomic mass is 10.2. The highest BCUT2D eigenvalue weighted by Gasteiger charge is 2.23. The molecule has 0 atom stereocenters. The molecule has 164 valence electrons. The fourth-order valence-corrected chi connectivity index (χ4v) is 5.59. The van der Waals surface area contributed by atoms with Crippen molar-refractivity contribution in [1.29, 1.82) is 0 Å². The van der Waals surface area contributed by atoms with E-state index in [-0.39, 0.29) is 10.8 Å². The number of sulfonamides is 1. The van der Waals surface area contributed by atoms with Gasteiger partial charge in [-0.1, -0.05) is 35.9 Å². The van der Waals surface area contributed by atoms with E-state index in [2.05, 4.69) is 4.98 Å². The van der Waals surface area contributed by atoms with Crippen LogP contribution in [-0.4, -0.2) is 38.3 Å². The lowest BCUT2D eigenvalue weighted by Crippen LogP contribution is -2.28. The number of hydrogen-bond donors (Lipinski definition) is 0. The largest absolute Gasteiger partial charge is 0.335 e. The molecule has 0 fully saturated rings. The predicted molar refractivity (Wildman–Crippen MR) is 129 cm³/mol. The van der Waals surface area contributed by atoms with E-state index < -0.39 is 10.0 Å². The molecule has 3 aromatic carbocycles. The van der Waals surface area contributed by atoms with E-state index in [0.717, 1.165) is 20.8 Å². The standard InChI is InChI=1S/C24H23N3O3S2/c1-17-11-13-19(14-12-17)27(3)32(29,30)20-8-6-7-18(15-20)24(28)26(2)16-23-25-21-9-4-5-10-22(21)31-23/h4-15H,16H2,1-3H3. The molecule has 0 spiro atoms. The molecule has 1 amide bonds. The minimum absolute atomic E-state index is 0.0693. The van der Waals surface area contributed by atoms with Crippen molar-refractivity contribution in [3.63, 3.8) is 0 Å². The Hall–Kier alpha value is -3.23. The van der Waals surface area contributed by atoms with Gasteiger partial charge in [-0.2, -0.15) is 0 Å². The summed E-state index contributed by atoms with van der Waals surface area (Å²) in [5.74, 6) is -0.265. The smallest absolute Gasteiger partial charge is 0.264 e. The molecule has 0 N–H and O–H groups in total. The molecule has 0 radical (unpaired) electrons. The van der Waals surface area contributed by atoms with Gasteiger partial charge in [0.15, 0.2) is 0 Å². The van der Waals surface area contributed by atoms with Crippen molar-refractivity contribution < 1.29 is 13.2 Å². The van der Waals surface area contributed by atoms with E-state index in [1.54, 1.807) is 47.5 Å². The molecule has 0 bridgehead atoms. The van der Waals surface area contributed by atoms with Gasteiger partial charge in [-0.3, -0.25) is 9.10 Å². The molecule has 0 aliphatic rings. The molecule has 8 heteroatoms. The summed E-state index contributed by atoms with van der Waals surface area (Å²) in [6, 6.07) is 21.2. The van der Waals surface area contributed by atoms with Crippen LogP contribution in [0.3, 0.4) is 0 Å². The van der Waals surface area contributed by atoms with Crippen LogP contribution in [0.15, 0.2) is 77.7 Å². The molecule has 0 saturated carbocycles. The van der Waals surface area contributed by atoms with Gasteiger partial charge in [0.05, 0.1) is 27.3 Å². The minimum Gasteiger partial charge on any atom is -0.335 e. The van der Waals surface area contributed by atoms with Crippen molar-refractivity contribution in [2.24, 2.45) is 0 Å². The third-order valence-electron chi connectivity index (χ3n) is 5.19. The summed E-state index contributed by atoms with van der Waals surface area (Å²) >= 11 is 1.54. The van der Waals surface area contributed by atoms with Crippen LogP contribution < -0.4 is 4.31 Å². The SMILES string of the molecule is Cc1ccc(N(C)S(=O)(=O)c2cccc(C(=O)N(C)Cc3nc4ccccc4s3)c2)cc1. The van der Waals surface area contributed by atoms with Gasteiger partial charge in [0.1, 0.15) is 5.01 Å². The van der Waals surface area contributed by atoms with E-state index in [1.807, 2.05) is 43.3 Å². The molecule has 32 heavy (non-hydrogen) atoms. The molecule has 0 unspecified atom stereocenters. The average Bonchev–Trinajstić information content (AvgIpc) is 3.21. The monoisotopic (exact) mass is 465 g/mol. The van der Waals surface area contributed by atoms with Crippen molar-refractivity contribution >= 4 is 43.2 Å². The average molecular weight is 466 g/mol. The van der Waals surface area contributed by atoms with Crippen LogP contribution >= 0.6 is 11.3 Å². The number of rotatable bonds is 6. The normalized spacial score (nSPS) is 11.5. The molecule has 0 aliphatic carbocycles. The van der Waals surface area contributed by atoms with Gasteiger partial charge < -0.3 is 4.90 Å². The number of carbonyl (C=O) groups is 1. The lowest BCUT2D eigenvalue weighted by molar-refractivity contribution is 0.0785. The van der Waals surface area contributed by atoms with Gasteiger partial charge in [0.2, 0.25) is 0 Å². The Kier molecular flexibility index (Phi) is 5.99. The lowest BCUT2D eigenvalue weighted by Gasteiger charge is -2.21. The van der Waals surface area contributed by atoms with Crippen LogP contribution in [0.1, 0.15) is 20.9 Å². The molecular weight excluding hydrogens is 442 g/mol. The summed E-state index contributed by atoms with van der Waals surface area (Å²) in [7, 11) is -0.614. The fourth-order valence-electron chi connectivity index (χ4n) is 3.32. The number of amides is 1. The van der Waals surface area contributed by atoms with Gasteiger partial charge in [-0.25, -0.2) is 13.4 Å². The van der Waals surface area contributed by atoms with Crippen molar-refractivity contribution in [3.8, 4) is 0 Å². The van der Waals surface area contributed by atoms with E-state index in [4.69, 9.17) is 0 Å². The second-order valence-corrected chi connectivity index (χ2v) is 10.7. The van der Waals surface area contributed by atoms with Crippen molar-refractivity contribution in [1.82, 2.24) is 9.88 Å². The second-order valence-electron chi connectivity index (χ2n) is 7.57. The quantitative estimate of drug-likeness (QED) is 0.414. The number of nitrogens with zero attached hydrogens (tertiary/aromatic N) is 3. The van der Waals surface area contributed by atoms with E-state index in [1.165, 1.54) is 23.5 Å².